The Bertz CT molecular complexity index is 89.8. The average molecular weight is 192 g/mol. The predicted octanol–water partition coefficient (Wildman–Crippen LogP) is 2.99. The maximum Gasteiger partial charge on any atom is -0.00205 e. The Hall–Kier alpha value is 0.250. The lowest BCUT2D eigenvalue weighted by Gasteiger charge is -2.22. The molecule has 1 atom stereocenters. The van der Waals surface area contributed by atoms with E-state index in [1.807, 2.05) is 0 Å². The van der Waals surface area contributed by atoms with Crippen LogP contribution in [0, 0.1) is 5.92 Å². The van der Waals surface area contributed by atoms with E-state index in [0.29, 0.717) is 0 Å². The first kappa shape index (κ1) is 12.2. The van der Waals surface area contributed by atoms with Gasteiger partial charge in [-0.2, -0.15) is 0 Å². The molecule has 1 rings (SSSR count). The first-order valence-electron chi connectivity index (χ1n) is 5.14. The van der Waals surface area contributed by atoms with Crippen molar-refractivity contribution in [3.8, 4) is 0 Å². The Balaban J connectivity index is 0.00000121. The quantitative estimate of drug-likeness (QED) is 0.674. The van der Waals surface area contributed by atoms with Crippen LogP contribution in [0.15, 0.2) is 0 Å². The van der Waals surface area contributed by atoms with Crippen LogP contribution in [0.1, 0.15) is 45.4 Å². The van der Waals surface area contributed by atoms with Crippen molar-refractivity contribution in [2.45, 2.75) is 45.4 Å². The van der Waals surface area contributed by atoms with Gasteiger partial charge < -0.3 is 5.32 Å². The van der Waals surface area contributed by atoms with Gasteiger partial charge in [-0.3, -0.25) is 0 Å². The minimum atomic E-state index is 0. The first-order valence-corrected chi connectivity index (χ1v) is 5.14. The summed E-state index contributed by atoms with van der Waals surface area (Å²) in [5.41, 5.74) is 0. The predicted molar refractivity (Wildman–Crippen MR) is 57.0 cm³/mol. The van der Waals surface area contributed by atoms with E-state index >= 15 is 0 Å². The molecule has 74 valence electrons. The Labute approximate surface area is 82.7 Å². The standard InChI is InChI=1S/C10H21N.ClH/c1-2-3-4-6-10-7-5-8-11-9-10;/h10-11H,2-9H2,1H3;1H/t10-;/m0./s1. The largest absolute Gasteiger partial charge is 0.316 e. The summed E-state index contributed by atoms with van der Waals surface area (Å²) >= 11 is 0. The molecule has 0 aromatic heterocycles. The number of nitrogens with one attached hydrogen (secondary N) is 1. The number of hydrogen-bond donors (Lipinski definition) is 1. The Morgan fingerprint density at radius 3 is 2.75 bits per heavy atom. The molecule has 0 aromatic rings. The van der Waals surface area contributed by atoms with Crippen LogP contribution in [0.5, 0.6) is 0 Å². The van der Waals surface area contributed by atoms with Crippen LogP contribution in [0.2, 0.25) is 0 Å². The minimum absolute atomic E-state index is 0. The molecule has 1 aliphatic rings. The van der Waals surface area contributed by atoms with Crippen LogP contribution in [-0.4, -0.2) is 13.1 Å². The van der Waals surface area contributed by atoms with E-state index in [1.54, 1.807) is 0 Å². The minimum Gasteiger partial charge on any atom is -0.316 e. The second-order valence-corrected chi connectivity index (χ2v) is 3.71. The molecule has 0 aliphatic carbocycles. The summed E-state index contributed by atoms with van der Waals surface area (Å²) in [5.74, 6) is 0.996. The maximum absolute atomic E-state index is 3.46. The van der Waals surface area contributed by atoms with Crippen LogP contribution in [0.4, 0.5) is 0 Å². The molecule has 1 nitrogen and oxygen atoms in total. The van der Waals surface area contributed by atoms with Gasteiger partial charge in [0.05, 0.1) is 0 Å². The normalized spacial score (nSPS) is 23.2. The van der Waals surface area contributed by atoms with Gasteiger partial charge in [-0.15, -0.1) is 12.4 Å². The molecular formula is C10H22ClN. The third-order valence-corrected chi connectivity index (χ3v) is 2.61. The van der Waals surface area contributed by atoms with Crippen LogP contribution in [0.3, 0.4) is 0 Å². The molecule has 0 unspecified atom stereocenters. The van der Waals surface area contributed by atoms with Gasteiger partial charge in [-0.1, -0.05) is 26.2 Å². The van der Waals surface area contributed by atoms with Crippen LogP contribution < -0.4 is 5.32 Å². The molecule has 12 heavy (non-hydrogen) atoms. The second-order valence-electron chi connectivity index (χ2n) is 3.71. The van der Waals surface area contributed by atoms with Crippen molar-refractivity contribution in [1.29, 1.82) is 0 Å². The van der Waals surface area contributed by atoms with Gasteiger partial charge in [0.15, 0.2) is 0 Å². The zero-order valence-electron chi connectivity index (χ0n) is 8.14. The molecule has 1 saturated heterocycles. The fraction of sp³-hybridized carbons (Fsp3) is 1.00. The van der Waals surface area contributed by atoms with E-state index in [1.165, 1.54) is 51.6 Å². The lowest BCUT2D eigenvalue weighted by molar-refractivity contribution is 0.347. The third-order valence-electron chi connectivity index (χ3n) is 2.61. The monoisotopic (exact) mass is 191 g/mol. The summed E-state index contributed by atoms with van der Waals surface area (Å²) in [6.07, 6.45) is 8.56. The van der Waals surface area contributed by atoms with Gasteiger partial charge in [-0.25, -0.2) is 0 Å². The SMILES string of the molecule is CCCCC[C@H]1CCCNC1.Cl. The van der Waals surface area contributed by atoms with E-state index in [-0.39, 0.29) is 12.4 Å². The summed E-state index contributed by atoms with van der Waals surface area (Å²) < 4.78 is 0. The molecule has 0 spiro atoms. The third kappa shape index (κ3) is 5.00. The van der Waals surface area contributed by atoms with E-state index in [2.05, 4.69) is 12.2 Å². The van der Waals surface area contributed by atoms with Crippen LogP contribution in [-0.2, 0) is 0 Å². The molecule has 1 fully saturated rings. The Morgan fingerprint density at radius 2 is 2.17 bits per heavy atom. The van der Waals surface area contributed by atoms with E-state index in [4.69, 9.17) is 0 Å². The topological polar surface area (TPSA) is 12.0 Å². The highest BCUT2D eigenvalue weighted by molar-refractivity contribution is 5.85. The van der Waals surface area contributed by atoms with Crippen LogP contribution in [0.25, 0.3) is 0 Å². The number of hydrogen-bond acceptors (Lipinski definition) is 1. The zero-order chi connectivity index (χ0) is 7.94. The first-order chi connectivity index (χ1) is 5.43. The van der Waals surface area contributed by atoms with Gasteiger partial charge >= 0.3 is 0 Å². The number of unbranched alkanes of at least 4 members (excludes halogenated alkanes) is 2. The molecule has 1 heterocycles. The van der Waals surface area contributed by atoms with Crippen molar-refractivity contribution in [2.24, 2.45) is 5.92 Å². The smallest absolute Gasteiger partial charge is 0.00205 e. The maximum atomic E-state index is 3.46. The highest BCUT2D eigenvalue weighted by Gasteiger charge is 2.11. The molecule has 2 heteroatoms. The summed E-state index contributed by atoms with van der Waals surface area (Å²) in [7, 11) is 0. The van der Waals surface area contributed by atoms with E-state index in [9.17, 15) is 0 Å². The van der Waals surface area contributed by atoms with Crippen LogP contribution >= 0.6 is 12.4 Å². The van der Waals surface area contributed by atoms with E-state index in [0.717, 1.165) is 5.92 Å². The molecule has 0 amide bonds. The van der Waals surface area contributed by atoms with Gasteiger partial charge in [-0.05, 0) is 38.3 Å². The molecule has 0 radical (unpaired) electrons. The lowest BCUT2D eigenvalue weighted by Crippen LogP contribution is -2.29. The van der Waals surface area contributed by atoms with E-state index < -0.39 is 0 Å². The van der Waals surface area contributed by atoms with Crippen molar-refractivity contribution in [3.63, 3.8) is 0 Å². The van der Waals surface area contributed by atoms with Crippen molar-refractivity contribution in [2.75, 3.05) is 13.1 Å². The Kier molecular flexibility index (Phi) is 8.04. The van der Waals surface area contributed by atoms with Crippen molar-refractivity contribution < 1.29 is 0 Å². The van der Waals surface area contributed by atoms with Crippen molar-refractivity contribution in [1.82, 2.24) is 5.32 Å². The van der Waals surface area contributed by atoms with Gasteiger partial charge in [0.25, 0.3) is 0 Å². The fourth-order valence-electron chi connectivity index (χ4n) is 1.85. The summed E-state index contributed by atoms with van der Waals surface area (Å²) in [6.45, 7) is 4.81. The highest BCUT2D eigenvalue weighted by Crippen LogP contribution is 2.17. The zero-order valence-corrected chi connectivity index (χ0v) is 8.96. The lowest BCUT2D eigenvalue weighted by atomic mass is 9.94. The van der Waals surface area contributed by atoms with Gasteiger partial charge in [0.2, 0.25) is 0 Å². The molecule has 1 aliphatic heterocycles. The number of piperidine rings is 1. The molecule has 0 saturated carbocycles. The van der Waals surface area contributed by atoms with Gasteiger partial charge in [0.1, 0.15) is 0 Å². The second kappa shape index (κ2) is 7.88. The summed E-state index contributed by atoms with van der Waals surface area (Å²) in [4.78, 5) is 0. The number of rotatable bonds is 4. The summed E-state index contributed by atoms with van der Waals surface area (Å²) in [6, 6.07) is 0. The average Bonchev–Trinajstić information content (AvgIpc) is 2.07. The molecular weight excluding hydrogens is 170 g/mol. The molecule has 0 bridgehead atoms. The molecule has 0 aromatic carbocycles. The highest BCUT2D eigenvalue weighted by atomic mass is 35.5. The van der Waals surface area contributed by atoms with Crippen molar-refractivity contribution in [3.05, 3.63) is 0 Å². The number of halogens is 1. The van der Waals surface area contributed by atoms with Crippen molar-refractivity contribution >= 4 is 12.4 Å². The summed E-state index contributed by atoms with van der Waals surface area (Å²) in [5, 5.41) is 3.46. The molecule has 1 N–H and O–H groups in total. The Morgan fingerprint density at radius 1 is 1.33 bits per heavy atom. The van der Waals surface area contributed by atoms with Gasteiger partial charge in [0, 0.05) is 0 Å². The fourth-order valence-corrected chi connectivity index (χ4v) is 1.85.